The van der Waals surface area contributed by atoms with Crippen molar-refractivity contribution in [3.05, 3.63) is 18.3 Å². The maximum Gasteiger partial charge on any atom is 0.171 e. The van der Waals surface area contributed by atoms with Crippen LogP contribution in [0, 0.1) is 0 Å². The minimum absolute atomic E-state index is 0.247. The van der Waals surface area contributed by atoms with Crippen LogP contribution in [0.5, 0.6) is 0 Å². The number of hydrogen-bond acceptors (Lipinski definition) is 8. The molecule has 0 amide bonds. The van der Waals surface area contributed by atoms with Gasteiger partial charge in [-0.05, 0) is 6.92 Å². The number of pyridine rings is 1. The molecule has 2 saturated heterocycles. The van der Waals surface area contributed by atoms with Gasteiger partial charge in [-0.3, -0.25) is 5.10 Å². The lowest BCUT2D eigenvalue weighted by atomic mass is 10.2. The van der Waals surface area contributed by atoms with Gasteiger partial charge in [0.25, 0.3) is 0 Å². The lowest BCUT2D eigenvalue weighted by Crippen LogP contribution is -2.44. The average Bonchev–Trinajstić information content (AvgIpc) is 3.37. The summed E-state index contributed by atoms with van der Waals surface area (Å²) in [5.41, 5.74) is 8.12. The molecule has 0 aliphatic carbocycles. The summed E-state index contributed by atoms with van der Waals surface area (Å²) in [6, 6.07) is 4.23. The third kappa shape index (κ3) is 2.85. The highest BCUT2D eigenvalue weighted by molar-refractivity contribution is 6.00. The Morgan fingerprint density at radius 1 is 1.18 bits per heavy atom. The zero-order valence-corrected chi connectivity index (χ0v) is 15.8. The summed E-state index contributed by atoms with van der Waals surface area (Å²) in [6.45, 7) is 7.35. The van der Waals surface area contributed by atoms with Gasteiger partial charge in [-0.1, -0.05) is 0 Å². The molecule has 2 fully saturated rings. The molecule has 3 aromatic heterocycles. The third-order valence-electron chi connectivity index (χ3n) is 5.36. The van der Waals surface area contributed by atoms with Crippen LogP contribution in [-0.4, -0.2) is 77.1 Å². The highest BCUT2D eigenvalue weighted by atomic mass is 16.5. The molecule has 28 heavy (non-hydrogen) atoms. The number of anilines is 3. The molecule has 2 aliphatic rings. The lowest BCUT2D eigenvalue weighted by Gasteiger charge is -2.35. The molecule has 3 aromatic rings. The summed E-state index contributed by atoms with van der Waals surface area (Å²) >= 11 is 0. The van der Waals surface area contributed by atoms with E-state index in [-0.39, 0.29) is 6.04 Å². The predicted octanol–water partition coefficient (Wildman–Crippen LogP) is 0.788. The van der Waals surface area contributed by atoms with Crippen LogP contribution in [0.15, 0.2) is 18.3 Å². The standard InChI is InChI=1S/C18H24N8O2/c1-12-11-28-9-6-25(12)15-10-13(24-4-7-27-8-5-24)16-17(19)23-26(18(16)21-15)14-2-3-20-22-14/h2-3,10,12H,4-9,11H2,1H3,(H2,19,23)(H,20,22). The van der Waals surface area contributed by atoms with Crippen molar-refractivity contribution in [1.29, 1.82) is 0 Å². The SMILES string of the molecule is CC1COCCN1c1cc(N2CCOCC2)c2c(N)nn(-c3ccn[nH]3)c2n1. The van der Waals surface area contributed by atoms with Crippen molar-refractivity contribution in [2.75, 3.05) is 61.6 Å². The van der Waals surface area contributed by atoms with Gasteiger partial charge < -0.3 is 25.0 Å². The Morgan fingerprint density at radius 3 is 2.75 bits per heavy atom. The first-order valence-corrected chi connectivity index (χ1v) is 9.58. The van der Waals surface area contributed by atoms with Crippen molar-refractivity contribution in [3.8, 4) is 5.82 Å². The molecule has 0 bridgehead atoms. The zero-order chi connectivity index (χ0) is 19.1. The number of nitrogens with zero attached hydrogens (tertiary/aromatic N) is 6. The first-order valence-electron chi connectivity index (χ1n) is 9.58. The Bertz CT molecular complexity index is 964. The van der Waals surface area contributed by atoms with E-state index in [0.717, 1.165) is 48.0 Å². The predicted molar refractivity (Wildman–Crippen MR) is 106 cm³/mol. The normalized spacial score (nSPS) is 20.8. The van der Waals surface area contributed by atoms with Crippen LogP contribution in [0.3, 0.4) is 0 Å². The van der Waals surface area contributed by atoms with E-state index in [9.17, 15) is 0 Å². The molecule has 0 radical (unpaired) electrons. The van der Waals surface area contributed by atoms with Crippen LogP contribution in [0.4, 0.5) is 17.3 Å². The van der Waals surface area contributed by atoms with Crippen molar-refractivity contribution in [2.24, 2.45) is 0 Å². The lowest BCUT2D eigenvalue weighted by molar-refractivity contribution is 0.0985. The van der Waals surface area contributed by atoms with Crippen molar-refractivity contribution in [3.63, 3.8) is 0 Å². The van der Waals surface area contributed by atoms with E-state index in [1.807, 2.05) is 6.07 Å². The van der Waals surface area contributed by atoms with E-state index in [2.05, 4.69) is 38.1 Å². The van der Waals surface area contributed by atoms with Crippen LogP contribution >= 0.6 is 0 Å². The molecule has 5 rings (SSSR count). The van der Waals surface area contributed by atoms with Gasteiger partial charge in [0.15, 0.2) is 17.3 Å². The molecule has 2 aliphatic heterocycles. The molecule has 148 valence electrons. The molecule has 3 N–H and O–H groups in total. The third-order valence-corrected chi connectivity index (χ3v) is 5.36. The maximum absolute atomic E-state index is 6.35. The fourth-order valence-electron chi connectivity index (χ4n) is 3.91. The van der Waals surface area contributed by atoms with Gasteiger partial charge in [-0.25, -0.2) is 4.98 Å². The summed E-state index contributed by atoms with van der Waals surface area (Å²) < 4.78 is 12.9. The molecule has 10 nitrogen and oxygen atoms in total. The number of fused-ring (bicyclic) bond motifs is 1. The molecule has 0 spiro atoms. The maximum atomic E-state index is 6.35. The van der Waals surface area contributed by atoms with Gasteiger partial charge in [0.05, 0.1) is 49.7 Å². The Labute approximate surface area is 162 Å². The van der Waals surface area contributed by atoms with Gasteiger partial charge in [0.2, 0.25) is 0 Å². The minimum atomic E-state index is 0.247. The summed E-state index contributed by atoms with van der Waals surface area (Å²) in [6.07, 6.45) is 1.69. The number of morpholine rings is 2. The van der Waals surface area contributed by atoms with Gasteiger partial charge in [0.1, 0.15) is 5.82 Å². The van der Waals surface area contributed by atoms with Gasteiger partial charge in [-0.2, -0.15) is 9.78 Å². The van der Waals surface area contributed by atoms with Crippen LogP contribution in [0.1, 0.15) is 6.92 Å². The van der Waals surface area contributed by atoms with Crippen molar-refractivity contribution >= 4 is 28.4 Å². The number of aromatic nitrogens is 5. The first kappa shape index (κ1) is 17.3. The number of aromatic amines is 1. The largest absolute Gasteiger partial charge is 0.382 e. The smallest absolute Gasteiger partial charge is 0.171 e. The van der Waals surface area contributed by atoms with E-state index >= 15 is 0 Å². The van der Waals surface area contributed by atoms with Gasteiger partial charge in [0, 0.05) is 31.8 Å². The Balaban J connectivity index is 1.71. The summed E-state index contributed by atoms with van der Waals surface area (Å²) in [7, 11) is 0. The number of ether oxygens (including phenoxy) is 2. The van der Waals surface area contributed by atoms with Crippen molar-refractivity contribution < 1.29 is 9.47 Å². The van der Waals surface area contributed by atoms with E-state index in [4.69, 9.17) is 20.2 Å². The quantitative estimate of drug-likeness (QED) is 0.682. The van der Waals surface area contributed by atoms with Gasteiger partial charge in [-0.15, -0.1) is 5.10 Å². The Hall–Kier alpha value is -2.85. The Kier molecular flexibility index (Phi) is 4.29. The molecule has 5 heterocycles. The minimum Gasteiger partial charge on any atom is -0.382 e. The number of hydrogen-bond donors (Lipinski definition) is 2. The van der Waals surface area contributed by atoms with Gasteiger partial charge >= 0.3 is 0 Å². The van der Waals surface area contributed by atoms with Crippen molar-refractivity contribution in [2.45, 2.75) is 13.0 Å². The van der Waals surface area contributed by atoms with E-state index in [1.54, 1.807) is 10.9 Å². The molecule has 0 aromatic carbocycles. The van der Waals surface area contributed by atoms with Crippen LogP contribution in [-0.2, 0) is 9.47 Å². The van der Waals surface area contributed by atoms with Crippen LogP contribution < -0.4 is 15.5 Å². The number of rotatable bonds is 3. The topological polar surface area (TPSA) is 110 Å². The zero-order valence-electron chi connectivity index (χ0n) is 15.8. The molecule has 1 unspecified atom stereocenters. The molecular weight excluding hydrogens is 360 g/mol. The Morgan fingerprint density at radius 2 is 2.00 bits per heavy atom. The van der Waals surface area contributed by atoms with E-state index < -0.39 is 0 Å². The number of nitrogens with two attached hydrogens (primary N) is 1. The molecular formula is C18H24N8O2. The summed E-state index contributed by atoms with van der Waals surface area (Å²) in [5.74, 6) is 2.10. The van der Waals surface area contributed by atoms with Crippen LogP contribution in [0.25, 0.3) is 16.9 Å². The summed E-state index contributed by atoms with van der Waals surface area (Å²) in [5, 5.41) is 12.4. The molecule has 0 saturated carbocycles. The fraction of sp³-hybridized carbons (Fsp3) is 0.500. The summed E-state index contributed by atoms with van der Waals surface area (Å²) in [4.78, 5) is 9.55. The second kappa shape index (κ2) is 6.95. The first-order chi connectivity index (χ1) is 13.7. The second-order valence-electron chi connectivity index (χ2n) is 7.15. The van der Waals surface area contributed by atoms with E-state index in [0.29, 0.717) is 32.2 Å². The average molecular weight is 384 g/mol. The fourth-order valence-corrected chi connectivity index (χ4v) is 3.91. The highest BCUT2D eigenvalue weighted by Crippen LogP contribution is 2.36. The van der Waals surface area contributed by atoms with Crippen molar-refractivity contribution in [1.82, 2.24) is 25.0 Å². The number of H-pyrrole nitrogens is 1. The number of nitrogens with one attached hydrogen (secondary N) is 1. The van der Waals surface area contributed by atoms with Crippen LogP contribution in [0.2, 0.25) is 0 Å². The second-order valence-corrected chi connectivity index (χ2v) is 7.15. The highest BCUT2D eigenvalue weighted by Gasteiger charge is 2.26. The monoisotopic (exact) mass is 384 g/mol. The number of nitrogen functional groups attached to an aromatic ring is 1. The molecule has 1 atom stereocenters. The molecule has 10 heteroatoms. The van der Waals surface area contributed by atoms with E-state index in [1.165, 1.54) is 0 Å².